The quantitative estimate of drug-likeness (QED) is 0.786. The largest absolute Gasteiger partial charge is 0.309 e. The maximum Gasteiger partial charge on any atom is 0.0589 e. The van der Waals surface area contributed by atoms with E-state index in [1.54, 1.807) is 0 Å². The van der Waals surface area contributed by atoms with Crippen LogP contribution in [0.5, 0.6) is 0 Å². The fourth-order valence-electron chi connectivity index (χ4n) is 2.37. The summed E-state index contributed by atoms with van der Waals surface area (Å²) < 4.78 is 1.13. The van der Waals surface area contributed by atoms with E-state index in [9.17, 15) is 0 Å². The van der Waals surface area contributed by atoms with Crippen LogP contribution < -0.4 is 5.32 Å². The van der Waals surface area contributed by atoms with Gasteiger partial charge in [0.25, 0.3) is 0 Å². The number of aryl methyl sites for hydroxylation is 3. The van der Waals surface area contributed by atoms with E-state index in [1.165, 1.54) is 22.3 Å². The van der Waals surface area contributed by atoms with Gasteiger partial charge in [-0.2, -0.15) is 0 Å². The Balaban J connectivity index is 2.52. The maximum absolute atomic E-state index is 6.45. The van der Waals surface area contributed by atoms with Gasteiger partial charge in [0.2, 0.25) is 0 Å². The number of halogens is 2. The van der Waals surface area contributed by atoms with Crippen LogP contribution in [0.25, 0.3) is 0 Å². The summed E-state index contributed by atoms with van der Waals surface area (Å²) in [6, 6.07) is 10.7. The fraction of sp³-hybridized carbons (Fsp3) is 0.294. The van der Waals surface area contributed by atoms with Gasteiger partial charge in [-0.3, -0.25) is 0 Å². The average Bonchev–Trinajstić information content (AvgIpc) is 2.40. The van der Waals surface area contributed by atoms with Crippen LogP contribution in [0.3, 0.4) is 0 Å². The minimum absolute atomic E-state index is 0.105. The lowest BCUT2D eigenvalue weighted by Gasteiger charge is -2.20. The summed E-state index contributed by atoms with van der Waals surface area (Å²) in [5, 5.41) is 4.18. The van der Waals surface area contributed by atoms with Gasteiger partial charge >= 0.3 is 0 Å². The van der Waals surface area contributed by atoms with Gasteiger partial charge < -0.3 is 5.32 Å². The average molecular weight is 353 g/mol. The molecule has 0 aliphatic heterocycles. The monoisotopic (exact) mass is 351 g/mol. The van der Waals surface area contributed by atoms with Crippen LogP contribution in [-0.2, 0) is 0 Å². The van der Waals surface area contributed by atoms with Crippen LogP contribution in [0.4, 0.5) is 0 Å². The second-order valence-corrected chi connectivity index (χ2v) is 6.45. The number of benzene rings is 2. The lowest BCUT2D eigenvalue weighted by atomic mass is 9.95. The molecule has 106 valence electrons. The highest BCUT2D eigenvalue weighted by atomic mass is 79.9. The molecule has 1 N–H and O–H groups in total. The lowest BCUT2D eigenvalue weighted by molar-refractivity contribution is 0.690. The van der Waals surface area contributed by atoms with Crippen molar-refractivity contribution in [3.05, 3.63) is 67.6 Å². The third-order valence-electron chi connectivity index (χ3n) is 3.73. The number of hydrogen-bond acceptors (Lipinski definition) is 1. The van der Waals surface area contributed by atoms with E-state index in [1.807, 2.05) is 13.1 Å². The van der Waals surface area contributed by atoms with Crippen molar-refractivity contribution in [2.75, 3.05) is 7.05 Å². The normalized spacial score (nSPS) is 12.5. The molecule has 0 saturated heterocycles. The minimum atomic E-state index is 0.105. The molecule has 2 rings (SSSR count). The molecule has 0 spiro atoms. The summed E-state index contributed by atoms with van der Waals surface area (Å²) in [5.74, 6) is 0. The van der Waals surface area contributed by atoms with Crippen molar-refractivity contribution < 1.29 is 0 Å². The highest BCUT2D eigenvalue weighted by molar-refractivity contribution is 9.10. The molecule has 0 heterocycles. The zero-order valence-corrected chi connectivity index (χ0v) is 14.6. The number of rotatable bonds is 3. The summed E-state index contributed by atoms with van der Waals surface area (Å²) in [7, 11) is 1.97. The van der Waals surface area contributed by atoms with Gasteiger partial charge in [-0.25, -0.2) is 0 Å². The van der Waals surface area contributed by atoms with E-state index >= 15 is 0 Å². The van der Waals surface area contributed by atoms with Crippen LogP contribution in [-0.4, -0.2) is 7.05 Å². The molecular formula is C17H19BrClN. The van der Waals surface area contributed by atoms with E-state index in [-0.39, 0.29) is 6.04 Å². The third-order valence-corrected chi connectivity index (χ3v) is 4.95. The Morgan fingerprint density at radius 1 is 1.00 bits per heavy atom. The van der Waals surface area contributed by atoms with Crippen LogP contribution in [0.15, 0.2) is 34.8 Å². The number of nitrogens with one attached hydrogen (secondary N) is 1. The Labute approximate surface area is 134 Å². The van der Waals surface area contributed by atoms with E-state index in [2.05, 4.69) is 66.3 Å². The number of hydrogen-bond donors (Lipinski definition) is 1. The molecule has 0 aliphatic rings. The molecule has 3 heteroatoms. The van der Waals surface area contributed by atoms with E-state index in [0.29, 0.717) is 0 Å². The Hall–Kier alpha value is -0.830. The van der Waals surface area contributed by atoms with Crippen LogP contribution in [0, 0.1) is 20.8 Å². The fourth-order valence-corrected chi connectivity index (χ4v) is 2.95. The van der Waals surface area contributed by atoms with Crippen molar-refractivity contribution in [2.45, 2.75) is 26.8 Å². The van der Waals surface area contributed by atoms with Gasteiger partial charge in [-0.15, -0.1) is 0 Å². The SMILES string of the molecule is CNC(c1ccc(Br)c(C)c1)c1cc(C)c(C)cc1Cl. The molecule has 1 atom stereocenters. The van der Waals surface area contributed by atoms with Crippen molar-refractivity contribution >= 4 is 27.5 Å². The Bertz CT molecular complexity index is 637. The molecule has 0 aliphatic carbocycles. The van der Waals surface area contributed by atoms with Gasteiger partial charge in [0.1, 0.15) is 0 Å². The van der Waals surface area contributed by atoms with Crippen LogP contribution in [0.1, 0.15) is 33.9 Å². The summed E-state index contributed by atoms with van der Waals surface area (Å²) >= 11 is 9.99. The van der Waals surface area contributed by atoms with Gasteiger partial charge in [0.15, 0.2) is 0 Å². The molecule has 0 amide bonds. The zero-order valence-electron chi connectivity index (χ0n) is 12.2. The highest BCUT2D eigenvalue weighted by Gasteiger charge is 2.16. The van der Waals surface area contributed by atoms with E-state index < -0.39 is 0 Å². The van der Waals surface area contributed by atoms with E-state index in [4.69, 9.17) is 11.6 Å². The summed E-state index contributed by atoms with van der Waals surface area (Å²) in [6.07, 6.45) is 0. The van der Waals surface area contributed by atoms with Crippen LogP contribution in [0.2, 0.25) is 5.02 Å². The first kappa shape index (κ1) is 15.6. The smallest absolute Gasteiger partial charge is 0.0589 e. The van der Waals surface area contributed by atoms with Gasteiger partial charge in [-0.1, -0.05) is 45.7 Å². The molecule has 20 heavy (non-hydrogen) atoms. The molecule has 0 aromatic heterocycles. The predicted molar refractivity (Wildman–Crippen MR) is 90.7 cm³/mol. The molecule has 2 aromatic rings. The molecule has 0 fully saturated rings. The highest BCUT2D eigenvalue weighted by Crippen LogP contribution is 2.32. The first-order chi connectivity index (χ1) is 9.43. The molecule has 0 bridgehead atoms. The molecule has 1 unspecified atom stereocenters. The minimum Gasteiger partial charge on any atom is -0.309 e. The standard InChI is InChI=1S/C17H19BrClN/c1-10-8-14(16(19)9-11(10)2)17(20-4)13-5-6-15(18)12(3)7-13/h5-9,17,20H,1-4H3. The molecule has 2 aromatic carbocycles. The Kier molecular flexibility index (Phi) is 4.90. The molecular weight excluding hydrogens is 334 g/mol. The van der Waals surface area contributed by atoms with E-state index in [0.717, 1.165) is 15.1 Å². The summed E-state index contributed by atoms with van der Waals surface area (Å²) in [5.41, 5.74) is 6.05. The predicted octanol–water partition coefficient (Wildman–Crippen LogP) is 5.34. The second-order valence-electron chi connectivity index (χ2n) is 5.19. The zero-order chi connectivity index (χ0) is 14.9. The second kappa shape index (κ2) is 6.30. The Morgan fingerprint density at radius 2 is 1.65 bits per heavy atom. The topological polar surface area (TPSA) is 12.0 Å². The van der Waals surface area contributed by atoms with Crippen molar-refractivity contribution in [3.8, 4) is 0 Å². The first-order valence-electron chi connectivity index (χ1n) is 6.64. The van der Waals surface area contributed by atoms with Crippen LogP contribution >= 0.6 is 27.5 Å². The van der Waals surface area contributed by atoms with Gasteiger partial charge in [0.05, 0.1) is 6.04 Å². The van der Waals surface area contributed by atoms with Gasteiger partial charge in [0, 0.05) is 9.50 Å². The van der Waals surface area contributed by atoms with Crippen molar-refractivity contribution in [1.29, 1.82) is 0 Å². The summed E-state index contributed by atoms with van der Waals surface area (Å²) in [6.45, 7) is 6.31. The molecule has 0 radical (unpaired) electrons. The summed E-state index contributed by atoms with van der Waals surface area (Å²) in [4.78, 5) is 0. The van der Waals surface area contributed by atoms with Crippen molar-refractivity contribution in [2.24, 2.45) is 0 Å². The third kappa shape index (κ3) is 3.08. The van der Waals surface area contributed by atoms with Crippen molar-refractivity contribution in [1.82, 2.24) is 5.32 Å². The first-order valence-corrected chi connectivity index (χ1v) is 7.81. The lowest BCUT2D eigenvalue weighted by Crippen LogP contribution is -2.18. The molecule has 0 saturated carbocycles. The molecule has 1 nitrogen and oxygen atoms in total. The van der Waals surface area contributed by atoms with Crippen molar-refractivity contribution in [3.63, 3.8) is 0 Å². The Morgan fingerprint density at radius 3 is 2.25 bits per heavy atom. The maximum atomic E-state index is 6.45. The van der Waals surface area contributed by atoms with Gasteiger partial charge in [-0.05, 0) is 67.8 Å².